The first kappa shape index (κ1) is 18.2. The molecule has 0 bridgehead atoms. The lowest BCUT2D eigenvalue weighted by atomic mass is 10.1. The summed E-state index contributed by atoms with van der Waals surface area (Å²) in [6.07, 6.45) is 1.83. The van der Waals surface area contributed by atoms with E-state index in [0.717, 1.165) is 39.6 Å². The lowest BCUT2D eigenvalue weighted by Gasteiger charge is -2.12. The Bertz CT molecular complexity index is 926. The van der Waals surface area contributed by atoms with Gasteiger partial charge in [0.15, 0.2) is 0 Å². The molecule has 136 valence electrons. The van der Waals surface area contributed by atoms with Crippen molar-refractivity contribution in [3.63, 3.8) is 0 Å². The van der Waals surface area contributed by atoms with Crippen LogP contribution in [-0.4, -0.2) is 39.4 Å². The van der Waals surface area contributed by atoms with Crippen molar-refractivity contribution in [2.45, 2.75) is 31.7 Å². The van der Waals surface area contributed by atoms with Crippen molar-refractivity contribution < 1.29 is 9.47 Å². The normalized spacial score (nSPS) is 10.8. The van der Waals surface area contributed by atoms with Gasteiger partial charge >= 0.3 is 0 Å². The number of ether oxygens (including phenoxy) is 2. The average Bonchev–Trinajstić information content (AvgIpc) is 3.10. The number of tetrazole rings is 1. The number of thioether (sulfide) groups is 1. The Labute approximate surface area is 156 Å². The molecule has 0 spiro atoms. The quantitative estimate of drug-likeness (QED) is 0.615. The van der Waals surface area contributed by atoms with E-state index in [1.807, 2.05) is 45.2 Å². The summed E-state index contributed by atoms with van der Waals surface area (Å²) in [6.45, 7) is 6.02. The Morgan fingerprint density at radius 2 is 1.92 bits per heavy atom. The third-order valence-electron chi connectivity index (χ3n) is 4.09. The minimum Gasteiger partial charge on any atom is -0.496 e. The van der Waals surface area contributed by atoms with Gasteiger partial charge in [-0.3, -0.25) is 4.98 Å². The number of pyridine rings is 1. The van der Waals surface area contributed by atoms with E-state index in [9.17, 15) is 0 Å². The average molecular weight is 371 g/mol. The smallest absolute Gasteiger partial charge is 0.214 e. The second-order valence-corrected chi connectivity index (χ2v) is 6.83. The molecule has 0 aliphatic carbocycles. The minimum atomic E-state index is 0.636. The highest BCUT2D eigenvalue weighted by Gasteiger charge is 2.16. The third kappa shape index (κ3) is 3.50. The summed E-state index contributed by atoms with van der Waals surface area (Å²) in [6, 6.07) is 5.90. The van der Waals surface area contributed by atoms with Gasteiger partial charge in [0.05, 0.1) is 19.9 Å². The number of aromatic nitrogens is 5. The van der Waals surface area contributed by atoms with Crippen molar-refractivity contribution in [1.82, 2.24) is 25.2 Å². The van der Waals surface area contributed by atoms with Gasteiger partial charge in [-0.15, -0.1) is 5.10 Å². The number of hydrogen-bond acceptors (Lipinski definition) is 7. The van der Waals surface area contributed by atoms with E-state index in [1.165, 1.54) is 11.8 Å². The molecule has 0 atom stereocenters. The van der Waals surface area contributed by atoms with Crippen molar-refractivity contribution in [1.29, 1.82) is 0 Å². The molecular weight excluding hydrogens is 350 g/mol. The number of methoxy groups -OCH3 is 2. The van der Waals surface area contributed by atoms with E-state index in [4.69, 9.17) is 9.47 Å². The number of hydrogen-bond donors (Lipinski definition) is 0. The van der Waals surface area contributed by atoms with Crippen LogP contribution in [0.1, 0.15) is 22.4 Å². The van der Waals surface area contributed by atoms with Crippen molar-refractivity contribution in [3.05, 3.63) is 46.8 Å². The summed E-state index contributed by atoms with van der Waals surface area (Å²) >= 11 is 1.52. The maximum atomic E-state index is 5.48. The summed E-state index contributed by atoms with van der Waals surface area (Å²) in [7, 11) is 3.31. The Balaban J connectivity index is 1.88. The topological polar surface area (TPSA) is 75.0 Å². The molecule has 2 aromatic heterocycles. The number of nitrogens with zero attached hydrogens (tertiary/aromatic N) is 5. The summed E-state index contributed by atoms with van der Waals surface area (Å²) < 4.78 is 12.6. The van der Waals surface area contributed by atoms with Crippen molar-refractivity contribution in [2.75, 3.05) is 14.2 Å². The second-order valence-electron chi connectivity index (χ2n) is 5.88. The Kier molecular flexibility index (Phi) is 5.41. The van der Waals surface area contributed by atoms with Crippen LogP contribution in [-0.2, 0) is 5.75 Å². The summed E-state index contributed by atoms with van der Waals surface area (Å²) in [5.74, 6) is 2.23. The van der Waals surface area contributed by atoms with Gasteiger partial charge in [0.1, 0.15) is 17.2 Å². The van der Waals surface area contributed by atoms with E-state index in [0.29, 0.717) is 10.9 Å². The number of rotatable bonds is 6. The van der Waals surface area contributed by atoms with Gasteiger partial charge in [0.25, 0.3) is 0 Å². The van der Waals surface area contributed by atoms with Crippen LogP contribution in [0.2, 0.25) is 0 Å². The zero-order valence-electron chi connectivity index (χ0n) is 15.5. The van der Waals surface area contributed by atoms with Crippen LogP contribution in [0.25, 0.3) is 5.69 Å². The highest BCUT2D eigenvalue weighted by atomic mass is 32.2. The Morgan fingerprint density at radius 3 is 2.65 bits per heavy atom. The van der Waals surface area contributed by atoms with Crippen LogP contribution >= 0.6 is 11.8 Å². The van der Waals surface area contributed by atoms with Crippen LogP contribution in [0.5, 0.6) is 11.5 Å². The fourth-order valence-electron chi connectivity index (χ4n) is 2.74. The van der Waals surface area contributed by atoms with Crippen LogP contribution < -0.4 is 9.47 Å². The highest BCUT2D eigenvalue weighted by molar-refractivity contribution is 7.98. The van der Waals surface area contributed by atoms with Gasteiger partial charge in [0, 0.05) is 23.1 Å². The summed E-state index contributed by atoms with van der Waals surface area (Å²) in [5.41, 5.74) is 4.92. The first-order valence-electron chi connectivity index (χ1n) is 8.10. The summed E-state index contributed by atoms with van der Waals surface area (Å²) in [4.78, 5) is 4.53. The lowest BCUT2D eigenvalue weighted by Crippen LogP contribution is -2.03. The molecular formula is C18H21N5O2S. The van der Waals surface area contributed by atoms with Crippen LogP contribution in [0.3, 0.4) is 0 Å². The highest BCUT2D eigenvalue weighted by Crippen LogP contribution is 2.31. The molecule has 1 aromatic carbocycles. The van der Waals surface area contributed by atoms with Gasteiger partial charge in [0.2, 0.25) is 5.16 Å². The van der Waals surface area contributed by atoms with Gasteiger partial charge < -0.3 is 9.47 Å². The molecule has 7 nitrogen and oxygen atoms in total. The SMILES string of the molecule is COc1ccc(C)cc1-n1nnnc1SCc1ncc(C)c(OC)c1C. The van der Waals surface area contributed by atoms with Crippen molar-refractivity contribution in [3.8, 4) is 17.2 Å². The Hall–Kier alpha value is -2.61. The molecule has 0 fully saturated rings. The largest absolute Gasteiger partial charge is 0.496 e. The van der Waals surface area contributed by atoms with E-state index in [2.05, 4.69) is 20.5 Å². The monoisotopic (exact) mass is 371 g/mol. The zero-order valence-corrected chi connectivity index (χ0v) is 16.3. The predicted molar refractivity (Wildman–Crippen MR) is 100 cm³/mol. The second kappa shape index (κ2) is 7.74. The maximum Gasteiger partial charge on any atom is 0.214 e. The number of aryl methyl sites for hydroxylation is 2. The molecule has 0 amide bonds. The van der Waals surface area contributed by atoms with E-state index < -0.39 is 0 Å². The molecule has 26 heavy (non-hydrogen) atoms. The van der Waals surface area contributed by atoms with E-state index in [1.54, 1.807) is 18.9 Å². The van der Waals surface area contributed by atoms with Gasteiger partial charge in [-0.05, 0) is 48.9 Å². The molecule has 0 saturated heterocycles. The summed E-state index contributed by atoms with van der Waals surface area (Å²) in [5, 5.41) is 12.8. The van der Waals surface area contributed by atoms with Crippen LogP contribution in [0, 0.1) is 20.8 Å². The van der Waals surface area contributed by atoms with Gasteiger partial charge in [-0.2, -0.15) is 4.68 Å². The van der Waals surface area contributed by atoms with Crippen LogP contribution in [0.15, 0.2) is 29.6 Å². The molecule has 0 N–H and O–H groups in total. The maximum absolute atomic E-state index is 5.48. The first-order valence-corrected chi connectivity index (χ1v) is 9.09. The third-order valence-corrected chi connectivity index (χ3v) is 5.02. The predicted octanol–water partition coefficient (Wildman–Crippen LogP) is 3.29. The zero-order chi connectivity index (χ0) is 18.7. The molecule has 0 radical (unpaired) electrons. The molecule has 3 aromatic rings. The Morgan fingerprint density at radius 1 is 1.12 bits per heavy atom. The minimum absolute atomic E-state index is 0.636. The fourth-order valence-corrected chi connectivity index (χ4v) is 3.64. The molecule has 0 aliphatic heterocycles. The molecule has 8 heteroatoms. The molecule has 0 saturated carbocycles. The molecule has 0 aliphatic rings. The lowest BCUT2D eigenvalue weighted by molar-refractivity contribution is 0.407. The van der Waals surface area contributed by atoms with Crippen molar-refractivity contribution in [2.24, 2.45) is 0 Å². The number of benzene rings is 1. The molecule has 0 unspecified atom stereocenters. The van der Waals surface area contributed by atoms with E-state index >= 15 is 0 Å². The van der Waals surface area contributed by atoms with E-state index in [-0.39, 0.29) is 0 Å². The fraction of sp³-hybridized carbons (Fsp3) is 0.333. The van der Waals surface area contributed by atoms with Crippen molar-refractivity contribution >= 4 is 11.8 Å². The van der Waals surface area contributed by atoms with Gasteiger partial charge in [-0.25, -0.2) is 0 Å². The standard InChI is InChI=1S/C18H21N5O2S/c1-11-6-7-16(24-4)15(8-11)23-18(20-21-22-23)26-10-14-13(3)17(25-5)12(2)9-19-14/h6-9H,10H2,1-5H3. The molecule has 2 heterocycles. The molecule has 3 rings (SSSR count). The first-order chi connectivity index (χ1) is 12.5. The van der Waals surface area contributed by atoms with Gasteiger partial charge in [-0.1, -0.05) is 17.8 Å². The van der Waals surface area contributed by atoms with Crippen LogP contribution in [0.4, 0.5) is 0 Å².